The number of carbonyl (C=O) groups is 1. The molecule has 142 valence electrons. The molecule has 0 unspecified atom stereocenters. The van der Waals surface area contributed by atoms with E-state index in [1.54, 1.807) is 0 Å². The second-order valence-corrected chi connectivity index (χ2v) is 7.51. The molecule has 6 heteroatoms. The largest absolute Gasteiger partial charge is 0.356 e. The summed E-state index contributed by atoms with van der Waals surface area (Å²) in [5.74, 6) is 1.94. The lowest BCUT2D eigenvalue weighted by Crippen LogP contribution is -2.49. The lowest BCUT2D eigenvalue weighted by atomic mass is 10.1. The highest BCUT2D eigenvalue weighted by atomic mass is 16.2. The van der Waals surface area contributed by atoms with Gasteiger partial charge < -0.3 is 14.7 Å². The number of aryl methyl sites for hydroxylation is 2. The summed E-state index contributed by atoms with van der Waals surface area (Å²) in [5, 5.41) is 0. The van der Waals surface area contributed by atoms with Gasteiger partial charge in [-0.2, -0.15) is 4.98 Å². The molecule has 27 heavy (non-hydrogen) atoms. The fraction of sp³-hybridized carbons (Fsp3) is 0.476. The second-order valence-electron chi connectivity index (χ2n) is 7.51. The molecule has 0 N–H and O–H groups in total. The number of rotatable bonds is 3. The van der Waals surface area contributed by atoms with Crippen molar-refractivity contribution in [3.63, 3.8) is 0 Å². The number of anilines is 2. The molecule has 2 saturated heterocycles. The molecule has 1 amide bonds. The minimum Gasteiger partial charge on any atom is -0.356 e. The number of nitrogens with zero attached hydrogens (tertiary/aromatic N) is 5. The van der Waals surface area contributed by atoms with Gasteiger partial charge in [-0.15, -0.1) is 0 Å². The Bertz CT molecular complexity index is 806. The number of hydrogen-bond acceptors (Lipinski definition) is 5. The Morgan fingerprint density at radius 2 is 1.52 bits per heavy atom. The van der Waals surface area contributed by atoms with Crippen LogP contribution in [0.4, 0.5) is 11.8 Å². The third kappa shape index (κ3) is 3.89. The third-order valence-corrected chi connectivity index (χ3v) is 5.41. The monoisotopic (exact) mass is 365 g/mol. The van der Waals surface area contributed by atoms with Crippen LogP contribution in [0.5, 0.6) is 0 Å². The Labute approximate surface area is 160 Å². The summed E-state index contributed by atoms with van der Waals surface area (Å²) in [6.45, 7) is 9.14. The molecule has 1 aromatic heterocycles. The van der Waals surface area contributed by atoms with E-state index in [2.05, 4.69) is 20.9 Å². The van der Waals surface area contributed by atoms with Crippen LogP contribution in [0.2, 0.25) is 0 Å². The molecule has 2 aliphatic heterocycles. The SMILES string of the molecule is Cc1ccc(C(=O)N2CCN(c3nc(C)cc(N4CCCC4)n3)CC2)cc1. The molecule has 0 spiro atoms. The Hall–Kier alpha value is -2.63. The van der Waals surface area contributed by atoms with Gasteiger partial charge in [0.25, 0.3) is 5.91 Å². The molecular weight excluding hydrogens is 338 g/mol. The topological polar surface area (TPSA) is 52.6 Å². The number of carbonyl (C=O) groups excluding carboxylic acids is 1. The van der Waals surface area contributed by atoms with Gasteiger partial charge in [-0.25, -0.2) is 4.98 Å². The summed E-state index contributed by atoms with van der Waals surface area (Å²) in [4.78, 5) is 28.6. The maximum absolute atomic E-state index is 12.7. The third-order valence-electron chi connectivity index (χ3n) is 5.41. The van der Waals surface area contributed by atoms with Gasteiger partial charge in [0.2, 0.25) is 5.95 Å². The number of amides is 1. The van der Waals surface area contributed by atoms with E-state index < -0.39 is 0 Å². The zero-order valence-electron chi connectivity index (χ0n) is 16.2. The molecule has 2 aromatic rings. The van der Waals surface area contributed by atoms with E-state index in [0.717, 1.165) is 49.2 Å². The summed E-state index contributed by atoms with van der Waals surface area (Å²) in [5.41, 5.74) is 2.93. The first-order valence-corrected chi connectivity index (χ1v) is 9.82. The smallest absolute Gasteiger partial charge is 0.253 e. The van der Waals surface area contributed by atoms with Crippen LogP contribution >= 0.6 is 0 Å². The highest BCUT2D eigenvalue weighted by Crippen LogP contribution is 2.22. The Kier molecular flexibility index (Phi) is 4.97. The first-order valence-electron chi connectivity index (χ1n) is 9.82. The molecule has 4 rings (SSSR count). The lowest BCUT2D eigenvalue weighted by molar-refractivity contribution is 0.0746. The Morgan fingerprint density at radius 1 is 0.852 bits per heavy atom. The van der Waals surface area contributed by atoms with Crippen LogP contribution in [-0.4, -0.2) is 60.0 Å². The maximum atomic E-state index is 12.7. The fourth-order valence-electron chi connectivity index (χ4n) is 3.77. The predicted octanol–water partition coefficient (Wildman–Crippen LogP) is 2.66. The van der Waals surface area contributed by atoms with Gasteiger partial charge in [0, 0.05) is 56.6 Å². The van der Waals surface area contributed by atoms with E-state index in [0.29, 0.717) is 13.1 Å². The fourth-order valence-corrected chi connectivity index (χ4v) is 3.77. The molecule has 0 aliphatic carbocycles. The number of hydrogen-bond donors (Lipinski definition) is 0. The minimum atomic E-state index is 0.109. The van der Waals surface area contributed by atoms with Gasteiger partial charge in [0.05, 0.1) is 0 Å². The maximum Gasteiger partial charge on any atom is 0.253 e. The lowest BCUT2D eigenvalue weighted by Gasteiger charge is -2.35. The van der Waals surface area contributed by atoms with E-state index >= 15 is 0 Å². The molecular formula is C21H27N5O. The molecule has 0 bridgehead atoms. The first-order chi connectivity index (χ1) is 13.1. The van der Waals surface area contributed by atoms with Crippen LogP contribution in [0.25, 0.3) is 0 Å². The molecule has 2 fully saturated rings. The van der Waals surface area contributed by atoms with Crippen LogP contribution in [-0.2, 0) is 0 Å². The van der Waals surface area contributed by atoms with E-state index in [1.165, 1.54) is 18.4 Å². The average Bonchev–Trinajstić information content (AvgIpc) is 3.23. The van der Waals surface area contributed by atoms with E-state index in [-0.39, 0.29) is 5.91 Å². The van der Waals surface area contributed by atoms with Crippen molar-refractivity contribution in [2.24, 2.45) is 0 Å². The van der Waals surface area contributed by atoms with Gasteiger partial charge in [-0.3, -0.25) is 4.79 Å². The van der Waals surface area contributed by atoms with E-state index in [1.807, 2.05) is 43.0 Å². The summed E-state index contributed by atoms with van der Waals surface area (Å²) < 4.78 is 0. The normalized spacial score (nSPS) is 17.5. The number of benzene rings is 1. The standard InChI is InChI=1S/C21H27N5O/c1-16-5-7-18(8-6-16)20(27)25-11-13-26(14-12-25)21-22-17(2)15-19(23-21)24-9-3-4-10-24/h5-8,15H,3-4,9-14H2,1-2H3. The molecule has 0 atom stereocenters. The van der Waals surface area contributed by atoms with Crippen molar-refractivity contribution in [2.45, 2.75) is 26.7 Å². The summed E-state index contributed by atoms with van der Waals surface area (Å²) in [6, 6.07) is 9.88. The number of piperazine rings is 1. The predicted molar refractivity (Wildman–Crippen MR) is 108 cm³/mol. The summed E-state index contributed by atoms with van der Waals surface area (Å²) in [6.07, 6.45) is 2.47. The van der Waals surface area contributed by atoms with Gasteiger partial charge >= 0.3 is 0 Å². The van der Waals surface area contributed by atoms with Gasteiger partial charge in [0.15, 0.2) is 0 Å². The first kappa shape index (κ1) is 17.8. The van der Waals surface area contributed by atoms with Crippen molar-refractivity contribution in [3.05, 3.63) is 47.2 Å². The molecule has 1 aromatic carbocycles. The van der Waals surface area contributed by atoms with Crippen molar-refractivity contribution in [1.29, 1.82) is 0 Å². The molecule has 0 radical (unpaired) electrons. The van der Waals surface area contributed by atoms with Gasteiger partial charge in [-0.1, -0.05) is 17.7 Å². The molecule has 6 nitrogen and oxygen atoms in total. The van der Waals surface area contributed by atoms with Crippen molar-refractivity contribution in [2.75, 3.05) is 49.1 Å². The van der Waals surface area contributed by atoms with Gasteiger partial charge in [0.1, 0.15) is 5.82 Å². The minimum absolute atomic E-state index is 0.109. The summed E-state index contributed by atoms with van der Waals surface area (Å²) >= 11 is 0. The van der Waals surface area contributed by atoms with Gasteiger partial charge in [-0.05, 0) is 38.8 Å². The van der Waals surface area contributed by atoms with Crippen LogP contribution in [0.15, 0.2) is 30.3 Å². The average molecular weight is 365 g/mol. The van der Waals surface area contributed by atoms with Crippen molar-refractivity contribution in [3.8, 4) is 0 Å². The van der Waals surface area contributed by atoms with E-state index in [4.69, 9.17) is 4.98 Å². The van der Waals surface area contributed by atoms with Crippen molar-refractivity contribution in [1.82, 2.24) is 14.9 Å². The summed E-state index contributed by atoms with van der Waals surface area (Å²) in [7, 11) is 0. The Balaban J connectivity index is 1.43. The highest BCUT2D eigenvalue weighted by Gasteiger charge is 2.24. The molecule has 2 aliphatic rings. The van der Waals surface area contributed by atoms with Crippen LogP contribution in [0.1, 0.15) is 34.5 Å². The van der Waals surface area contributed by atoms with Crippen LogP contribution < -0.4 is 9.80 Å². The highest BCUT2D eigenvalue weighted by molar-refractivity contribution is 5.94. The van der Waals surface area contributed by atoms with Crippen molar-refractivity contribution < 1.29 is 4.79 Å². The van der Waals surface area contributed by atoms with Crippen molar-refractivity contribution >= 4 is 17.7 Å². The molecule has 0 saturated carbocycles. The van der Waals surface area contributed by atoms with E-state index in [9.17, 15) is 4.79 Å². The Morgan fingerprint density at radius 3 is 2.19 bits per heavy atom. The van der Waals surface area contributed by atoms with Crippen LogP contribution in [0.3, 0.4) is 0 Å². The number of aromatic nitrogens is 2. The second kappa shape index (κ2) is 7.55. The molecule has 3 heterocycles. The quantitative estimate of drug-likeness (QED) is 0.837. The zero-order chi connectivity index (χ0) is 18.8. The van der Waals surface area contributed by atoms with Crippen LogP contribution in [0, 0.1) is 13.8 Å². The zero-order valence-corrected chi connectivity index (χ0v) is 16.2.